The molecule has 25 heavy (non-hydrogen) atoms. The summed E-state index contributed by atoms with van der Waals surface area (Å²) in [5, 5.41) is 5.72. The van der Waals surface area contributed by atoms with E-state index in [9.17, 15) is 9.59 Å². The molecule has 6 nitrogen and oxygen atoms in total. The van der Waals surface area contributed by atoms with Crippen LogP contribution in [0.1, 0.15) is 39.1 Å². The first-order valence-electron chi connectivity index (χ1n) is 8.41. The maximum Gasteiger partial charge on any atom is 0.255 e. The molecule has 1 aliphatic rings. The van der Waals surface area contributed by atoms with E-state index >= 15 is 0 Å². The van der Waals surface area contributed by atoms with Crippen LogP contribution in [0, 0.1) is 12.8 Å². The zero-order valence-corrected chi connectivity index (χ0v) is 14.2. The molecule has 1 saturated carbocycles. The van der Waals surface area contributed by atoms with Crippen molar-refractivity contribution < 1.29 is 9.59 Å². The minimum Gasteiger partial charge on any atom is -0.350 e. The van der Waals surface area contributed by atoms with Crippen LogP contribution in [0.5, 0.6) is 0 Å². The Morgan fingerprint density at radius 1 is 1.20 bits per heavy atom. The lowest BCUT2D eigenvalue weighted by molar-refractivity contribution is 0.0951. The van der Waals surface area contributed by atoms with Crippen LogP contribution in [0.3, 0.4) is 0 Å². The zero-order valence-electron chi connectivity index (χ0n) is 14.2. The predicted octanol–water partition coefficient (Wildman–Crippen LogP) is 2.11. The average molecular weight is 338 g/mol. The van der Waals surface area contributed by atoms with Gasteiger partial charge in [-0.2, -0.15) is 0 Å². The molecular weight excluding hydrogens is 316 g/mol. The van der Waals surface area contributed by atoms with Crippen LogP contribution >= 0.6 is 0 Å². The number of hydrogen-bond donors (Lipinski definition) is 3. The van der Waals surface area contributed by atoms with Crippen LogP contribution < -0.4 is 16.4 Å². The number of benzene rings is 1. The molecule has 2 amide bonds. The molecule has 1 aliphatic carbocycles. The topological polar surface area (TPSA) is 97.1 Å². The number of pyridine rings is 1. The fraction of sp³-hybridized carbons (Fsp3) is 0.316. The summed E-state index contributed by atoms with van der Waals surface area (Å²) in [6.45, 7) is 2.30. The van der Waals surface area contributed by atoms with Crippen LogP contribution in [0.15, 0.2) is 42.7 Å². The van der Waals surface area contributed by atoms with Gasteiger partial charge >= 0.3 is 0 Å². The molecule has 3 rings (SSSR count). The molecule has 0 bridgehead atoms. The number of nitrogens with one attached hydrogen (secondary N) is 2. The van der Waals surface area contributed by atoms with Crippen LogP contribution in [-0.4, -0.2) is 29.4 Å². The van der Waals surface area contributed by atoms with Gasteiger partial charge in [0.1, 0.15) is 0 Å². The molecule has 1 fully saturated rings. The van der Waals surface area contributed by atoms with E-state index in [0.717, 1.165) is 18.4 Å². The first-order valence-corrected chi connectivity index (χ1v) is 8.41. The number of aryl methyl sites for hydroxylation is 1. The number of carbonyl (C=O) groups excluding carboxylic acids is 2. The molecule has 0 radical (unpaired) electrons. The van der Waals surface area contributed by atoms with Crippen molar-refractivity contribution in [1.29, 1.82) is 0 Å². The third-order valence-electron chi connectivity index (χ3n) is 4.42. The second-order valence-electron chi connectivity index (χ2n) is 6.40. The van der Waals surface area contributed by atoms with E-state index in [4.69, 9.17) is 5.73 Å². The van der Waals surface area contributed by atoms with E-state index in [1.165, 1.54) is 0 Å². The van der Waals surface area contributed by atoms with Gasteiger partial charge in [-0.05, 0) is 49.4 Å². The highest BCUT2D eigenvalue weighted by Crippen LogP contribution is 2.31. The molecule has 1 unspecified atom stereocenters. The molecule has 0 aliphatic heterocycles. The van der Waals surface area contributed by atoms with Crippen molar-refractivity contribution in [2.45, 2.75) is 25.8 Å². The van der Waals surface area contributed by atoms with Crippen molar-refractivity contribution in [3.8, 4) is 0 Å². The van der Waals surface area contributed by atoms with Gasteiger partial charge in [-0.15, -0.1) is 0 Å². The van der Waals surface area contributed by atoms with Gasteiger partial charge in [0.25, 0.3) is 11.8 Å². The van der Waals surface area contributed by atoms with Crippen molar-refractivity contribution in [3.05, 3.63) is 59.4 Å². The van der Waals surface area contributed by atoms with Crippen LogP contribution in [0.2, 0.25) is 0 Å². The average Bonchev–Trinajstić information content (AvgIpc) is 3.47. The summed E-state index contributed by atoms with van der Waals surface area (Å²) in [7, 11) is 0. The molecule has 1 aromatic carbocycles. The third-order valence-corrected chi connectivity index (χ3v) is 4.42. The van der Waals surface area contributed by atoms with Gasteiger partial charge in [0.2, 0.25) is 0 Å². The normalized spacial score (nSPS) is 14.6. The highest BCUT2D eigenvalue weighted by molar-refractivity contribution is 6.09. The van der Waals surface area contributed by atoms with E-state index in [1.807, 2.05) is 13.0 Å². The van der Waals surface area contributed by atoms with Crippen LogP contribution in [0.25, 0.3) is 0 Å². The SMILES string of the molecule is Cc1cccc(C(=O)NCC(N)C2CC2)c1NC(=O)c1ccncc1. The third kappa shape index (κ3) is 4.22. The molecular formula is C19H22N4O2. The lowest BCUT2D eigenvalue weighted by Gasteiger charge is -2.16. The number of rotatable bonds is 6. The van der Waals surface area contributed by atoms with Crippen molar-refractivity contribution in [3.63, 3.8) is 0 Å². The summed E-state index contributed by atoms with van der Waals surface area (Å²) in [5.74, 6) is 0.00827. The highest BCUT2D eigenvalue weighted by atomic mass is 16.2. The van der Waals surface area contributed by atoms with E-state index in [2.05, 4.69) is 15.6 Å². The fourth-order valence-corrected chi connectivity index (χ4v) is 2.71. The molecule has 1 atom stereocenters. The molecule has 2 aromatic rings. The highest BCUT2D eigenvalue weighted by Gasteiger charge is 2.28. The molecule has 1 heterocycles. The molecule has 1 aromatic heterocycles. The Morgan fingerprint density at radius 2 is 1.92 bits per heavy atom. The first-order chi connectivity index (χ1) is 12.1. The van der Waals surface area contributed by atoms with Gasteiger partial charge in [-0.3, -0.25) is 14.6 Å². The van der Waals surface area contributed by atoms with Gasteiger partial charge in [-0.25, -0.2) is 0 Å². The Balaban J connectivity index is 1.74. The molecule has 0 spiro atoms. The maximum atomic E-state index is 12.6. The summed E-state index contributed by atoms with van der Waals surface area (Å²) in [6.07, 6.45) is 5.38. The standard InChI is InChI=1S/C19H22N4O2/c1-12-3-2-4-15(19(25)22-11-16(20)13-5-6-13)17(12)23-18(24)14-7-9-21-10-8-14/h2-4,7-10,13,16H,5-6,11,20H2,1H3,(H,22,25)(H,23,24). The summed E-state index contributed by atoms with van der Waals surface area (Å²) in [4.78, 5) is 28.9. The van der Waals surface area contributed by atoms with E-state index < -0.39 is 0 Å². The lowest BCUT2D eigenvalue weighted by atomic mass is 10.1. The number of para-hydroxylation sites is 1. The Hall–Kier alpha value is -2.73. The summed E-state index contributed by atoms with van der Waals surface area (Å²) < 4.78 is 0. The summed E-state index contributed by atoms with van der Waals surface area (Å²) >= 11 is 0. The second-order valence-corrected chi connectivity index (χ2v) is 6.40. The van der Waals surface area contributed by atoms with E-state index in [0.29, 0.717) is 29.3 Å². The second kappa shape index (κ2) is 7.44. The molecule has 6 heteroatoms. The van der Waals surface area contributed by atoms with Gasteiger partial charge in [0.05, 0.1) is 11.3 Å². The Morgan fingerprint density at radius 3 is 2.60 bits per heavy atom. The lowest BCUT2D eigenvalue weighted by Crippen LogP contribution is -2.38. The Labute approximate surface area is 146 Å². The number of hydrogen-bond acceptors (Lipinski definition) is 4. The summed E-state index contributed by atoms with van der Waals surface area (Å²) in [5.41, 5.74) is 8.30. The Bertz CT molecular complexity index is 772. The zero-order chi connectivity index (χ0) is 17.8. The predicted molar refractivity (Wildman–Crippen MR) is 96.4 cm³/mol. The van der Waals surface area contributed by atoms with Crippen molar-refractivity contribution in [2.75, 3.05) is 11.9 Å². The number of nitrogens with zero attached hydrogens (tertiary/aromatic N) is 1. The van der Waals surface area contributed by atoms with Crippen molar-refractivity contribution in [1.82, 2.24) is 10.3 Å². The number of amides is 2. The fourth-order valence-electron chi connectivity index (χ4n) is 2.71. The quantitative estimate of drug-likeness (QED) is 0.751. The maximum absolute atomic E-state index is 12.6. The minimum absolute atomic E-state index is 0.0105. The smallest absolute Gasteiger partial charge is 0.255 e. The number of carbonyl (C=O) groups is 2. The van der Waals surface area contributed by atoms with E-state index in [-0.39, 0.29) is 17.9 Å². The molecule has 4 N–H and O–H groups in total. The molecule has 0 saturated heterocycles. The first kappa shape index (κ1) is 17.1. The van der Waals surface area contributed by atoms with Crippen LogP contribution in [0.4, 0.5) is 5.69 Å². The van der Waals surface area contributed by atoms with Crippen molar-refractivity contribution in [2.24, 2.45) is 11.7 Å². The van der Waals surface area contributed by atoms with Gasteiger partial charge in [0, 0.05) is 30.5 Å². The molecule has 130 valence electrons. The number of aromatic nitrogens is 1. The van der Waals surface area contributed by atoms with Crippen molar-refractivity contribution >= 4 is 17.5 Å². The monoisotopic (exact) mass is 338 g/mol. The Kier molecular flexibility index (Phi) is 5.09. The van der Waals surface area contributed by atoms with Gasteiger partial charge in [-0.1, -0.05) is 12.1 Å². The minimum atomic E-state index is -0.277. The number of nitrogens with two attached hydrogens (primary N) is 1. The van der Waals surface area contributed by atoms with Gasteiger partial charge < -0.3 is 16.4 Å². The van der Waals surface area contributed by atoms with Gasteiger partial charge in [0.15, 0.2) is 0 Å². The summed E-state index contributed by atoms with van der Waals surface area (Å²) in [6, 6.07) is 8.60. The number of anilines is 1. The van der Waals surface area contributed by atoms with E-state index in [1.54, 1.807) is 36.7 Å². The largest absolute Gasteiger partial charge is 0.350 e. The van der Waals surface area contributed by atoms with Crippen LogP contribution in [-0.2, 0) is 0 Å².